The van der Waals surface area contributed by atoms with Crippen LogP contribution in [0.4, 0.5) is 5.69 Å². The number of likely N-dealkylation sites (N-methyl/N-ethyl adjacent to an activating group) is 1. The molecule has 130 valence electrons. The van der Waals surface area contributed by atoms with Gasteiger partial charge in [0.05, 0.1) is 11.4 Å². The van der Waals surface area contributed by atoms with Crippen molar-refractivity contribution in [3.05, 3.63) is 52.9 Å². The van der Waals surface area contributed by atoms with Gasteiger partial charge < -0.3 is 14.8 Å². The zero-order chi connectivity index (χ0) is 17.8. The summed E-state index contributed by atoms with van der Waals surface area (Å²) in [5.74, 6) is -0.350. The lowest BCUT2D eigenvalue weighted by Gasteiger charge is -2.16. The summed E-state index contributed by atoms with van der Waals surface area (Å²) in [5.41, 5.74) is 1.90. The van der Waals surface area contributed by atoms with Gasteiger partial charge in [-0.25, -0.2) is 0 Å². The molecule has 6 heteroatoms. The molecule has 5 nitrogen and oxygen atoms in total. The number of anilines is 1. The highest BCUT2D eigenvalue weighted by Gasteiger charge is 2.16. The second-order valence-electron chi connectivity index (χ2n) is 5.97. The molecular formula is C19H21N3O2S. The van der Waals surface area contributed by atoms with Crippen LogP contribution in [0, 0.1) is 0 Å². The van der Waals surface area contributed by atoms with Crippen molar-refractivity contribution in [1.29, 1.82) is 0 Å². The first kappa shape index (κ1) is 17.2. The van der Waals surface area contributed by atoms with Gasteiger partial charge in [0.15, 0.2) is 0 Å². The van der Waals surface area contributed by atoms with E-state index in [1.54, 1.807) is 13.1 Å². The molecule has 2 heterocycles. The molecule has 0 fully saturated rings. The van der Waals surface area contributed by atoms with E-state index in [9.17, 15) is 9.59 Å². The topological polar surface area (TPSA) is 54.3 Å². The number of fused-ring (bicyclic) bond motifs is 1. The highest BCUT2D eigenvalue weighted by Crippen LogP contribution is 2.21. The molecule has 0 unspecified atom stereocenters. The maximum Gasteiger partial charge on any atom is 0.264 e. The van der Waals surface area contributed by atoms with Crippen LogP contribution in [0.1, 0.15) is 23.0 Å². The minimum absolute atomic E-state index is 0.0195. The second kappa shape index (κ2) is 7.53. The van der Waals surface area contributed by atoms with Crippen molar-refractivity contribution in [3.63, 3.8) is 0 Å². The second-order valence-corrected chi connectivity index (χ2v) is 6.92. The molecule has 0 atom stereocenters. The number of aromatic nitrogens is 1. The number of benzene rings is 1. The van der Waals surface area contributed by atoms with Crippen molar-refractivity contribution in [1.82, 2.24) is 9.47 Å². The molecule has 0 saturated heterocycles. The van der Waals surface area contributed by atoms with E-state index in [2.05, 4.69) is 23.0 Å². The minimum Gasteiger partial charge on any atom is -0.347 e. The SMILES string of the molecule is CCCn1ccc2cc(NC(=O)CN(C)C(=O)c3cccs3)ccc21. The number of nitrogens with one attached hydrogen (secondary N) is 1. The largest absolute Gasteiger partial charge is 0.347 e. The van der Waals surface area contributed by atoms with Crippen LogP contribution < -0.4 is 5.32 Å². The maximum atomic E-state index is 12.2. The van der Waals surface area contributed by atoms with E-state index in [-0.39, 0.29) is 18.4 Å². The van der Waals surface area contributed by atoms with Crippen LogP contribution in [0.3, 0.4) is 0 Å². The van der Waals surface area contributed by atoms with Gasteiger partial charge in [0, 0.05) is 36.4 Å². The molecular weight excluding hydrogens is 334 g/mol. The molecule has 2 aromatic heterocycles. The number of aryl methyl sites for hydroxylation is 1. The average Bonchev–Trinajstić information content (AvgIpc) is 3.24. The number of nitrogens with zero attached hydrogens (tertiary/aromatic N) is 2. The standard InChI is InChI=1S/C19H21N3O2S/c1-3-9-22-10-8-14-12-15(6-7-16(14)22)20-18(23)13-21(2)19(24)17-5-4-11-25-17/h4-8,10-12H,3,9,13H2,1-2H3,(H,20,23). The Bertz CT molecular complexity index is 883. The van der Waals surface area contributed by atoms with Crippen molar-refractivity contribution >= 4 is 39.7 Å². The fraction of sp³-hybridized carbons (Fsp3) is 0.263. The molecule has 0 saturated carbocycles. The average molecular weight is 355 g/mol. The van der Waals surface area contributed by atoms with Gasteiger partial charge in [-0.2, -0.15) is 0 Å². The predicted octanol–water partition coefficient (Wildman–Crippen LogP) is 3.82. The van der Waals surface area contributed by atoms with Crippen LogP contribution in [-0.2, 0) is 11.3 Å². The smallest absolute Gasteiger partial charge is 0.264 e. The normalized spacial score (nSPS) is 10.8. The third-order valence-corrected chi connectivity index (χ3v) is 4.84. The Morgan fingerprint density at radius 3 is 2.80 bits per heavy atom. The number of carbonyl (C=O) groups excluding carboxylic acids is 2. The Kier molecular flexibility index (Phi) is 5.19. The van der Waals surface area contributed by atoms with Crippen LogP contribution in [-0.4, -0.2) is 34.9 Å². The number of hydrogen-bond acceptors (Lipinski definition) is 3. The van der Waals surface area contributed by atoms with Crippen LogP contribution in [0.5, 0.6) is 0 Å². The van der Waals surface area contributed by atoms with E-state index in [0.717, 1.165) is 29.6 Å². The van der Waals surface area contributed by atoms with Gasteiger partial charge in [0.2, 0.25) is 5.91 Å². The summed E-state index contributed by atoms with van der Waals surface area (Å²) in [7, 11) is 1.63. The lowest BCUT2D eigenvalue weighted by molar-refractivity contribution is -0.116. The van der Waals surface area contributed by atoms with Crippen molar-refractivity contribution in [3.8, 4) is 0 Å². The minimum atomic E-state index is -0.209. The molecule has 3 aromatic rings. The Labute approximate surface area is 150 Å². The third kappa shape index (κ3) is 3.91. The fourth-order valence-corrected chi connectivity index (χ4v) is 3.51. The molecule has 0 aliphatic carbocycles. The molecule has 0 radical (unpaired) electrons. The molecule has 1 N–H and O–H groups in total. The summed E-state index contributed by atoms with van der Waals surface area (Å²) in [4.78, 5) is 26.5. The Morgan fingerprint density at radius 2 is 2.08 bits per heavy atom. The number of amides is 2. The van der Waals surface area contributed by atoms with Crippen molar-refractivity contribution < 1.29 is 9.59 Å². The van der Waals surface area contributed by atoms with Crippen molar-refractivity contribution in [2.45, 2.75) is 19.9 Å². The molecule has 2 amide bonds. The van der Waals surface area contributed by atoms with Gasteiger partial charge in [0.25, 0.3) is 5.91 Å². The van der Waals surface area contributed by atoms with Crippen molar-refractivity contribution in [2.75, 3.05) is 18.9 Å². The summed E-state index contributed by atoms with van der Waals surface area (Å²) in [6.45, 7) is 3.14. The summed E-state index contributed by atoms with van der Waals surface area (Å²) in [6, 6.07) is 11.5. The van der Waals surface area contributed by atoms with Gasteiger partial charge in [-0.3, -0.25) is 9.59 Å². The summed E-state index contributed by atoms with van der Waals surface area (Å²) in [5, 5.41) is 5.81. The molecule has 0 bridgehead atoms. The maximum absolute atomic E-state index is 12.2. The molecule has 0 aliphatic rings. The number of thiophene rings is 1. The van der Waals surface area contributed by atoms with Gasteiger partial charge in [-0.05, 0) is 42.1 Å². The van der Waals surface area contributed by atoms with Gasteiger partial charge in [-0.1, -0.05) is 13.0 Å². The number of hydrogen-bond donors (Lipinski definition) is 1. The van der Waals surface area contributed by atoms with Gasteiger partial charge in [-0.15, -0.1) is 11.3 Å². The summed E-state index contributed by atoms with van der Waals surface area (Å²) in [6.07, 6.45) is 3.14. The summed E-state index contributed by atoms with van der Waals surface area (Å²) < 4.78 is 2.20. The number of carbonyl (C=O) groups is 2. The van der Waals surface area contributed by atoms with E-state index in [4.69, 9.17) is 0 Å². The molecule has 1 aromatic carbocycles. The monoisotopic (exact) mass is 355 g/mol. The van der Waals surface area contributed by atoms with E-state index >= 15 is 0 Å². The van der Waals surface area contributed by atoms with E-state index < -0.39 is 0 Å². The van der Waals surface area contributed by atoms with Crippen LogP contribution >= 0.6 is 11.3 Å². The van der Waals surface area contributed by atoms with Crippen molar-refractivity contribution in [2.24, 2.45) is 0 Å². The van der Waals surface area contributed by atoms with Crippen LogP contribution in [0.2, 0.25) is 0 Å². The van der Waals surface area contributed by atoms with Crippen LogP contribution in [0.25, 0.3) is 10.9 Å². The highest BCUT2D eigenvalue weighted by atomic mass is 32.1. The summed E-state index contributed by atoms with van der Waals surface area (Å²) >= 11 is 1.37. The molecule has 3 rings (SSSR count). The highest BCUT2D eigenvalue weighted by molar-refractivity contribution is 7.12. The zero-order valence-electron chi connectivity index (χ0n) is 14.4. The predicted molar refractivity (Wildman–Crippen MR) is 102 cm³/mol. The lowest BCUT2D eigenvalue weighted by Crippen LogP contribution is -2.34. The first-order valence-corrected chi connectivity index (χ1v) is 9.14. The fourth-order valence-electron chi connectivity index (χ4n) is 2.79. The molecule has 25 heavy (non-hydrogen) atoms. The Balaban J connectivity index is 1.64. The first-order valence-electron chi connectivity index (χ1n) is 8.26. The quantitative estimate of drug-likeness (QED) is 0.731. The molecule has 0 aliphatic heterocycles. The Hall–Kier alpha value is -2.60. The van der Waals surface area contributed by atoms with E-state index in [1.165, 1.54) is 16.2 Å². The third-order valence-electron chi connectivity index (χ3n) is 3.98. The zero-order valence-corrected chi connectivity index (χ0v) is 15.2. The lowest BCUT2D eigenvalue weighted by atomic mass is 10.2. The van der Waals surface area contributed by atoms with E-state index in [0.29, 0.717) is 4.88 Å². The van der Waals surface area contributed by atoms with Gasteiger partial charge >= 0.3 is 0 Å². The number of rotatable bonds is 6. The Morgan fingerprint density at radius 1 is 1.24 bits per heavy atom. The van der Waals surface area contributed by atoms with E-state index in [1.807, 2.05) is 35.7 Å². The van der Waals surface area contributed by atoms with Gasteiger partial charge in [0.1, 0.15) is 0 Å². The first-order chi connectivity index (χ1) is 12.1. The molecule has 0 spiro atoms. The van der Waals surface area contributed by atoms with Crippen LogP contribution in [0.15, 0.2) is 48.0 Å².